The lowest BCUT2D eigenvalue weighted by Gasteiger charge is -2.26. The number of nitrogens with zero attached hydrogens (tertiary/aromatic N) is 3. The van der Waals surface area contributed by atoms with Crippen molar-refractivity contribution in [1.82, 2.24) is 4.57 Å². The number of allylic oxidation sites excluding steroid dienone is 1. The quantitative estimate of drug-likeness (QED) is 0.0706. The van der Waals surface area contributed by atoms with Crippen molar-refractivity contribution in [2.45, 2.75) is 25.1 Å². The van der Waals surface area contributed by atoms with Crippen LogP contribution in [-0.2, 0) is 16.7 Å². The topological polar surface area (TPSA) is 103 Å². The highest BCUT2D eigenvalue weighted by atomic mass is 32.2. The summed E-state index contributed by atoms with van der Waals surface area (Å²) in [6.45, 7) is 2.13. The van der Waals surface area contributed by atoms with Crippen LogP contribution in [0.5, 0.6) is 23.0 Å². The Hall–Kier alpha value is -7.99. The molecule has 0 bridgehead atoms. The van der Waals surface area contributed by atoms with Crippen molar-refractivity contribution in [3.05, 3.63) is 194 Å². The summed E-state index contributed by atoms with van der Waals surface area (Å²) in [6, 6.07) is 61.9. The van der Waals surface area contributed by atoms with Crippen LogP contribution < -0.4 is 28.7 Å². The fraction of sp³-hybridized carbons (Fsp3) is 0.138. The molecule has 0 saturated heterocycles. The van der Waals surface area contributed by atoms with Crippen LogP contribution in [0.3, 0.4) is 0 Å². The molecule has 9 rings (SSSR count). The van der Waals surface area contributed by atoms with Crippen LogP contribution >= 0.6 is 0 Å². The van der Waals surface area contributed by atoms with Crippen molar-refractivity contribution in [2.24, 2.45) is 0 Å². The number of anilines is 6. The second kappa shape index (κ2) is 20.1. The number of hydrogen-bond donors (Lipinski definition) is 1. The summed E-state index contributed by atoms with van der Waals surface area (Å²) in [4.78, 5) is 4.38. The molecule has 9 aromatic rings. The number of aromatic nitrogens is 1. The number of methoxy groups -OCH3 is 4. The van der Waals surface area contributed by atoms with Gasteiger partial charge in [0.05, 0.1) is 28.4 Å². The van der Waals surface area contributed by atoms with Crippen molar-refractivity contribution in [3.63, 3.8) is 0 Å². The molecule has 69 heavy (non-hydrogen) atoms. The minimum atomic E-state index is -4.31. The van der Waals surface area contributed by atoms with Gasteiger partial charge in [-0.25, -0.2) is 0 Å². The molecule has 1 N–H and O–H groups in total. The number of hydrogen-bond acceptors (Lipinski definition) is 8. The van der Waals surface area contributed by atoms with Gasteiger partial charge in [0.25, 0.3) is 10.1 Å². The lowest BCUT2D eigenvalue weighted by atomic mass is 9.99. The largest absolute Gasteiger partial charge is 0.497 e. The number of aryl methyl sites for hydroxylation is 1. The SMILES string of the molecule is C/C=C/C(CCn1c2ccc(-c3ccc(N(c4ccc(OC)cc4)c4ccc(OC)cc4)cc3)cc2c2cc(-c3ccc(N(c4ccc(OC)cc4)c4ccc(OC)cc4)cc3)ccc21)S(=O)(=O)O. The van der Waals surface area contributed by atoms with Gasteiger partial charge in [-0.1, -0.05) is 48.6 Å². The van der Waals surface area contributed by atoms with E-state index in [4.69, 9.17) is 18.9 Å². The molecular formula is C58H53N3O7S. The van der Waals surface area contributed by atoms with Gasteiger partial charge in [0.15, 0.2) is 0 Å². The molecule has 0 aliphatic rings. The standard InChI is InChI=1S/C58H53N3O7S/c1-6-7-54(69(62,63)64)36-37-59-57-34-12-42(40-8-14-44(15-9-40)60(46-18-26-50(65-2)27-19-46)47-20-28-51(66-3)29-21-47)38-55(57)56-39-43(13-35-58(56)59)41-10-16-45(17-11-41)61(48-22-30-52(67-4)31-23-48)49-24-32-53(68-5)33-25-49/h6-35,38-39,54H,36-37H2,1-5H3,(H,62,63,64)/b7-6+. The van der Waals surface area contributed by atoms with Crippen molar-refractivity contribution in [1.29, 1.82) is 0 Å². The van der Waals surface area contributed by atoms with Crippen LogP contribution in [-0.4, -0.2) is 51.2 Å². The maximum Gasteiger partial charge on any atom is 0.271 e. The molecule has 0 saturated carbocycles. The minimum absolute atomic E-state index is 0.201. The Morgan fingerprint density at radius 1 is 0.464 bits per heavy atom. The molecule has 1 heterocycles. The van der Waals surface area contributed by atoms with Gasteiger partial charge in [-0.05, 0) is 181 Å². The lowest BCUT2D eigenvalue weighted by Crippen LogP contribution is -2.20. The fourth-order valence-corrected chi connectivity index (χ4v) is 9.70. The average Bonchev–Trinajstić information content (AvgIpc) is 3.70. The third-order valence-electron chi connectivity index (χ3n) is 12.5. The molecule has 0 radical (unpaired) electrons. The first-order chi connectivity index (χ1) is 33.6. The second-order valence-electron chi connectivity index (χ2n) is 16.5. The second-order valence-corrected chi connectivity index (χ2v) is 18.2. The zero-order valence-electron chi connectivity index (χ0n) is 39.1. The molecule has 0 fully saturated rings. The van der Waals surface area contributed by atoms with Gasteiger partial charge in [0.1, 0.15) is 28.2 Å². The van der Waals surface area contributed by atoms with Gasteiger partial charge in [0.2, 0.25) is 0 Å². The van der Waals surface area contributed by atoms with Gasteiger partial charge in [-0.3, -0.25) is 4.55 Å². The molecule has 8 aromatic carbocycles. The molecule has 0 amide bonds. The lowest BCUT2D eigenvalue weighted by molar-refractivity contribution is 0.414. The molecular weight excluding hydrogens is 883 g/mol. The van der Waals surface area contributed by atoms with Crippen LogP contribution in [0.4, 0.5) is 34.1 Å². The van der Waals surface area contributed by atoms with E-state index < -0.39 is 15.4 Å². The average molecular weight is 936 g/mol. The van der Waals surface area contributed by atoms with Gasteiger partial charge in [-0.15, -0.1) is 0 Å². The maximum atomic E-state index is 12.4. The molecule has 1 unspecified atom stereocenters. The van der Waals surface area contributed by atoms with Gasteiger partial charge >= 0.3 is 0 Å². The predicted molar refractivity (Wildman–Crippen MR) is 281 cm³/mol. The van der Waals surface area contributed by atoms with Crippen LogP contribution in [0.25, 0.3) is 44.1 Å². The van der Waals surface area contributed by atoms with E-state index in [9.17, 15) is 13.0 Å². The van der Waals surface area contributed by atoms with Crippen LogP contribution in [0.15, 0.2) is 194 Å². The van der Waals surface area contributed by atoms with Gasteiger partial charge in [-0.2, -0.15) is 8.42 Å². The summed E-state index contributed by atoms with van der Waals surface area (Å²) in [5, 5.41) is 1.03. The fourth-order valence-electron chi connectivity index (χ4n) is 8.95. The zero-order valence-corrected chi connectivity index (χ0v) is 39.9. The van der Waals surface area contributed by atoms with E-state index in [1.165, 1.54) is 0 Å². The first-order valence-corrected chi connectivity index (χ1v) is 24.1. The first kappa shape index (κ1) is 46.1. The summed E-state index contributed by atoms with van der Waals surface area (Å²) < 4.78 is 59.0. The summed E-state index contributed by atoms with van der Waals surface area (Å²) in [6.07, 6.45) is 3.41. The smallest absolute Gasteiger partial charge is 0.271 e. The number of ether oxygens (including phenoxy) is 4. The van der Waals surface area contributed by atoms with Gasteiger partial charge < -0.3 is 33.3 Å². The van der Waals surface area contributed by atoms with Crippen molar-refractivity contribution < 1.29 is 31.9 Å². The Bertz CT molecular complexity index is 3040. The Balaban J connectivity index is 1.10. The molecule has 348 valence electrons. The normalized spacial score (nSPS) is 12.0. The van der Waals surface area contributed by atoms with E-state index in [1.807, 2.05) is 97.1 Å². The monoisotopic (exact) mass is 935 g/mol. The van der Waals surface area contributed by atoms with Crippen LogP contribution in [0.2, 0.25) is 0 Å². The Kier molecular flexibility index (Phi) is 13.4. The molecule has 1 atom stereocenters. The zero-order chi connectivity index (χ0) is 48.1. The molecule has 0 aliphatic carbocycles. The third kappa shape index (κ3) is 9.74. The highest BCUT2D eigenvalue weighted by molar-refractivity contribution is 7.86. The van der Waals surface area contributed by atoms with E-state index in [0.29, 0.717) is 6.54 Å². The van der Waals surface area contributed by atoms with Crippen LogP contribution in [0, 0.1) is 0 Å². The minimum Gasteiger partial charge on any atom is -0.497 e. The highest BCUT2D eigenvalue weighted by Crippen LogP contribution is 2.41. The molecule has 0 spiro atoms. The number of rotatable bonds is 17. The van der Waals surface area contributed by atoms with E-state index in [-0.39, 0.29) is 6.42 Å². The Morgan fingerprint density at radius 2 is 0.754 bits per heavy atom. The van der Waals surface area contributed by atoms with E-state index >= 15 is 0 Å². The summed E-state index contributed by atoms with van der Waals surface area (Å²) in [5.74, 6) is 3.11. The van der Waals surface area contributed by atoms with E-state index in [2.05, 4.69) is 99.3 Å². The molecule has 1 aromatic heterocycles. The summed E-state index contributed by atoms with van der Waals surface area (Å²) in [5.41, 5.74) is 11.9. The van der Waals surface area contributed by atoms with E-state index in [1.54, 1.807) is 47.5 Å². The van der Waals surface area contributed by atoms with Gasteiger partial charge in [0, 0.05) is 62.5 Å². The predicted octanol–water partition coefficient (Wildman–Crippen LogP) is 14.3. The maximum absolute atomic E-state index is 12.4. The Labute approximate surface area is 403 Å². The molecule has 10 nitrogen and oxygen atoms in total. The number of benzene rings is 8. The first-order valence-electron chi connectivity index (χ1n) is 22.6. The Morgan fingerprint density at radius 3 is 1.03 bits per heavy atom. The van der Waals surface area contributed by atoms with Crippen molar-refractivity contribution >= 4 is 66.0 Å². The van der Waals surface area contributed by atoms with Crippen molar-refractivity contribution in [3.8, 4) is 45.3 Å². The third-order valence-corrected chi connectivity index (χ3v) is 13.7. The number of fused-ring (bicyclic) bond motifs is 3. The summed E-state index contributed by atoms with van der Waals surface area (Å²) in [7, 11) is 2.34. The molecule has 0 aliphatic heterocycles. The summed E-state index contributed by atoms with van der Waals surface area (Å²) >= 11 is 0. The van der Waals surface area contributed by atoms with Crippen molar-refractivity contribution in [2.75, 3.05) is 38.2 Å². The van der Waals surface area contributed by atoms with Crippen LogP contribution in [0.1, 0.15) is 13.3 Å². The molecule has 11 heteroatoms. The highest BCUT2D eigenvalue weighted by Gasteiger charge is 2.22. The van der Waals surface area contributed by atoms with E-state index in [0.717, 1.165) is 101 Å².